The zero-order valence-corrected chi connectivity index (χ0v) is 16.6. The summed E-state index contributed by atoms with van der Waals surface area (Å²) < 4.78 is 0.938. The first-order valence-electron chi connectivity index (χ1n) is 8.56. The van der Waals surface area contributed by atoms with Crippen LogP contribution in [0.4, 0.5) is 5.69 Å². The number of aromatic nitrogens is 1. The van der Waals surface area contributed by atoms with Crippen molar-refractivity contribution in [3.63, 3.8) is 0 Å². The molecule has 6 nitrogen and oxygen atoms in total. The summed E-state index contributed by atoms with van der Waals surface area (Å²) in [5, 5.41) is 9.28. The fraction of sp³-hybridized carbons (Fsp3) is 0.316. The number of aliphatic imine (C=N–C) groups is 1. The molecule has 0 saturated carbocycles. The predicted octanol–water partition coefficient (Wildman–Crippen LogP) is 3.24. The summed E-state index contributed by atoms with van der Waals surface area (Å²) in [6.07, 6.45) is 2.10. The molecule has 0 radical (unpaired) electrons. The molecule has 1 heterocycles. The van der Waals surface area contributed by atoms with Crippen LogP contribution in [0.15, 0.2) is 52.1 Å². The summed E-state index contributed by atoms with van der Waals surface area (Å²) in [5.41, 5.74) is 2.74. The van der Waals surface area contributed by atoms with Gasteiger partial charge in [0.15, 0.2) is 5.96 Å². The van der Waals surface area contributed by atoms with Crippen molar-refractivity contribution in [2.45, 2.75) is 26.8 Å². The van der Waals surface area contributed by atoms with Crippen molar-refractivity contribution < 1.29 is 4.79 Å². The van der Waals surface area contributed by atoms with Gasteiger partial charge in [0.1, 0.15) is 0 Å². The third kappa shape index (κ3) is 6.84. The van der Waals surface area contributed by atoms with Gasteiger partial charge in [-0.05, 0) is 43.7 Å². The molecule has 0 unspecified atom stereocenters. The highest BCUT2D eigenvalue weighted by Crippen LogP contribution is 2.20. The Labute approximate surface area is 162 Å². The Bertz CT molecular complexity index is 749. The van der Waals surface area contributed by atoms with Gasteiger partial charge < -0.3 is 16.0 Å². The van der Waals surface area contributed by atoms with Crippen LogP contribution < -0.4 is 16.0 Å². The Balaban J connectivity index is 1.83. The second-order valence-corrected chi connectivity index (χ2v) is 6.62. The lowest BCUT2D eigenvalue weighted by Crippen LogP contribution is -2.38. The summed E-state index contributed by atoms with van der Waals surface area (Å²) >= 11 is 3.42. The lowest BCUT2D eigenvalue weighted by molar-refractivity contribution is -0.116. The number of rotatable bonds is 7. The van der Waals surface area contributed by atoms with Crippen molar-refractivity contribution in [2.24, 2.45) is 4.99 Å². The monoisotopic (exact) mass is 417 g/mol. The molecule has 2 rings (SSSR count). The Kier molecular flexibility index (Phi) is 8.08. The van der Waals surface area contributed by atoms with Crippen molar-refractivity contribution in [2.75, 3.05) is 18.4 Å². The summed E-state index contributed by atoms with van der Waals surface area (Å²) in [4.78, 5) is 20.9. The highest BCUT2D eigenvalue weighted by atomic mass is 79.9. The second kappa shape index (κ2) is 10.6. The molecule has 0 bridgehead atoms. The molecule has 2 aromatic rings. The topological polar surface area (TPSA) is 78.4 Å². The van der Waals surface area contributed by atoms with E-state index in [-0.39, 0.29) is 5.91 Å². The van der Waals surface area contributed by atoms with Gasteiger partial charge in [0.25, 0.3) is 0 Å². The van der Waals surface area contributed by atoms with Crippen LogP contribution in [0.2, 0.25) is 0 Å². The maximum absolute atomic E-state index is 12.2. The van der Waals surface area contributed by atoms with Crippen molar-refractivity contribution in [3.05, 3.63) is 58.3 Å². The van der Waals surface area contributed by atoms with E-state index in [0.29, 0.717) is 25.5 Å². The van der Waals surface area contributed by atoms with Gasteiger partial charge in [-0.1, -0.05) is 28.1 Å². The van der Waals surface area contributed by atoms with Gasteiger partial charge in [-0.15, -0.1) is 0 Å². The van der Waals surface area contributed by atoms with Crippen LogP contribution in [0.1, 0.15) is 24.6 Å². The quantitative estimate of drug-likeness (QED) is 0.477. The molecular formula is C19H24BrN5O. The molecule has 7 heteroatoms. The van der Waals surface area contributed by atoms with Crippen LogP contribution >= 0.6 is 15.9 Å². The standard InChI is InChI=1S/C19H24BrN5O/c1-3-21-19(24-13-16-6-4-5-10-22-16)23-11-9-18(26)25-17-12-15(20)8-7-14(17)2/h4-8,10,12H,3,9,11,13H2,1-2H3,(H,25,26)(H2,21,23,24). The molecular weight excluding hydrogens is 394 g/mol. The van der Waals surface area contributed by atoms with Crippen LogP contribution in [-0.4, -0.2) is 29.9 Å². The summed E-state index contributed by atoms with van der Waals surface area (Å²) in [5.74, 6) is 0.629. The molecule has 0 spiro atoms. The Morgan fingerprint density at radius 2 is 2.08 bits per heavy atom. The molecule has 1 aromatic heterocycles. The first kappa shape index (κ1) is 19.9. The Morgan fingerprint density at radius 3 is 2.81 bits per heavy atom. The van der Waals surface area contributed by atoms with Gasteiger partial charge in [0.2, 0.25) is 5.91 Å². The maximum Gasteiger partial charge on any atom is 0.226 e. The summed E-state index contributed by atoms with van der Waals surface area (Å²) in [6.45, 7) is 5.69. The van der Waals surface area contributed by atoms with E-state index in [1.807, 2.05) is 50.2 Å². The average Bonchev–Trinajstić information content (AvgIpc) is 2.63. The number of amides is 1. The molecule has 0 fully saturated rings. The number of benzene rings is 1. The SMILES string of the molecule is CCNC(=NCc1ccccn1)NCCC(=O)Nc1cc(Br)ccc1C. The van der Waals surface area contributed by atoms with E-state index in [1.165, 1.54) is 0 Å². The minimum Gasteiger partial charge on any atom is -0.357 e. The number of hydrogen-bond donors (Lipinski definition) is 3. The van der Waals surface area contributed by atoms with Crippen LogP contribution in [0.25, 0.3) is 0 Å². The van der Waals surface area contributed by atoms with E-state index >= 15 is 0 Å². The number of aryl methyl sites for hydroxylation is 1. The number of halogens is 1. The average molecular weight is 418 g/mol. The fourth-order valence-corrected chi connectivity index (χ4v) is 2.59. The van der Waals surface area contributed by atoms with Crippen molar-refractivity contribution in [1.29, 1.82) is 0 Å². The van der Waals surface area contributed by atoms with Gasteiger partial charge in [0.05, 0.1) is 12.2 Å². The molecule has 3 N–H and O–H groups in total. The molecule has 1 amide bonds. The lowest BCUT2D eigenvalue weighted by atomic mass is 10.2. The van der Waals surface area contributed by atoms with E-state index < -0.39 is 0 Å². The van der Waals surface area contributed by atoms with Crippen molar-refractivity contribution in [1.82, 2.24) is 15.6 Å². The van der Waals surface area contributed by atoms with E-state index in [0.717, 1.165) is 28.0 Å². The zero-order chi connectivity index (χ0) is 18.8. The van der Waals surface area contributed by atoms with E-state index in [2.05, 4.69) is 41.9 Å². The van der Waals surface area contributed by atoms with E-state index in [1.54, 1.807) is 6.20 Å². The largest absolute Gasteiger partial charge is 0.357 e. The highest BCUT2D eigenvalue weighted by molar-refractivity contribution is 9.10. The van der Waals surface area contributed by atoms with Crippen LogP contribution in [0.3, 0.4) is 0 Å². The van der Waals surface area contributed by atoms with Gasteiger partial charge in [-0.3, -0.25) is 9.78 Å². The number of hydrogen-bond acceptors (Lipinski definition) is 3. The number of nitrogens with one attached hydrogen (secondary N) is 3. The molecule has 0 aliphatic rings. The molecule has 0 aliphatic carbocycles. The molecule has 26 heavy (non-hydrogen) atoms. The Hall–Kier alpha value is -2.41. The third-order valence-corrected chi connectivity index (χ3v) is 4.08. The summed E-state index contributed by atoms with van der Waals surface area (Å²) in [7, 11) is 0. The lowest BCUT2D eigenvalue weighted by Gasteiger charge is -2.12. The molecule has 0 atom stereocenters. The van der Waals surface area contributed by atoms with Gasteiger partial charge in [0, 0.05) is 35.9 Å². The van der Waals surface area contributed by atoms with Gasteiger partial charge in [-0.2, -0.15) is 0 Å². The molecule has 0 saturated heterocycles. The number of pyridine rings is 1. The normalized spacial score (nSPS) is 11.1. The first-order chi connectivity index (χ1) is 12.6. The third-order valence-electron chi connectivity index (χ3n) is 3.59. The molecule has 138 valence electrons. The number of carbonyl (C=O) groups excluding carboxylic acids is 1. The van der Waals surface area contributed by atoms with Crippen LogP contribution in [-0.2, 0) is 11.3 Å². The molecule has 1 aromatic carbocycles. The van der Waals surface area contributed by atoms with E-state index in [9.17, 15) is 4.79 Å². The highest BCUT2D eigenvalue weighted by Gasteiger charge is 2.06. The number of guanidine groups is 1. The summed E-state index contributed by atoms with van der Waals surface area (Å²) in [6, 6.07) is 11.6. The number of nitrogens with zero attached hydrogens (tertiary/aromatic N) is 2. The number of carbonyl (C=O) groups is 1. The van der Waals surface area contributed by atoms with Gasteiger partial charge >= 0.3 is 0 Å². The van der Waals surface area contributed by atoms with Crippen molar-refractivity contribution in [3.8, 4) is 0 Å². The van der Waals surface area contributed by atoms with Crippen LogP contribution in [0, 0.1) is 6.92 Å². The number of anilines is 1. The molecule has 0 aliphatic heterocycles. The van der Waals surface area contributed by atoms with Crippen LogP contribution in [0.5, 0.6) is 0 Å². The van der Waals surface area contributed by atoms with Gasteiger partial charge in [-0.25, -0.2) is 4.99 Å². The smallest absolute Gasteiger partial charge is 0.226 e. The minimum atomic E-state index is -0.0423. The Morgan fingerprint density at radius 1 is 1.23 bits per heavy atom. The second-order valence-electron chi connectivity index (χ2n) is 5.70. The first-order valence-corrected chi connectivity index (χ1v) is 9.36. The minimum absolute atomic E-state index is 0.0423. The fourth-order valence-electron chi connectivity index (χ4n) is 2.23. The van der Waals surface area contributed by atoms with E-state index in [4.69, 9.17) is 0 Å². The zero-order valence-electron chi connectivity index (χ0n) is 15.1. The maximum atomic E-state index is 12.2. The van der Waals surface area contributed by atoms with Crippen molar-refractivity contribution >= 4 is 33.5 Å². The predicted molar refractivity (Wildman–Crippen MR) is 109 cm³/mol.